The molecule has 172 valence electrons. The number of thiophene rings is 1. The van der Waals surface area contributed by atoms with E-state index < -0.39 is 6.04 Å². The summed E-state index contributed by atoms with van der Waals surface area (Å²) in [7, 11) is 0. The normalized spacial score (nSPS) is 12.4. The molecule has 0 aliphatic heterocycles. The fraction of sp³-hybridized carbons (Fsp3) is 0.348. The summed E-state index contributed by atoms with van der Waals surface area (Å²) < 4.78 is 14.8. The molecule has 1 amide bonds. The summed E-state index contributed by atoms with van der Waals surface area (Å²) in [5.74, 6) is -0.253. The second-order valence-corrected chi connectivity index (χ2v) is 10.5. The molecule has 0 saturated heterocycles. The standard InChI is InChI=1S/C23H24FN5O2S2/c1-5-16(20(30)26-23-28-27-17(33-23)10-12(2)3)29-11-25-21-19(22(29)31)18(13(4)32-21)14-6-8-15(24)9-7-14/h6-9,11-12,16H,5,10H2,1-4H3,(H,26,28,30). The lowest BCUT2D eigenvalue weighted by molar-refractivity contribution is -0.119. The van der Waals surface area contributed by atoms with Crippen LogP contribution in [0.1, 0.15) is 43.1 Å². The van der Waals surface area contributed by atoms with Crippen LogP contribution in [0.2, 0.25) is 0 Å². The molecule has 4 aromatic rings. The molecule has 4 rings (SSSR count). The highest BCUT2D eigenvalue weighted by Gasteiger charge is 2.25. The lowest BCUT2D eigenvalue weighted by Gasteiger charge is -2.16. The van der Waals surface area contributed by atoms with Crippen molar-refractivity contribution < 1.29 is 9.18 Å². The van der Waals surface area contributed by atoms with E-state index in [2.05, 4.69) is 34.3 Å². The average molecular weight is 486 g/mol. The molecule has 1 aromatic carbocycles. The van der Waals surface area contributed by atoms with Crippen molar-refractivity contribution in [2.45, 2.75) is 46.6 Å². The Hall–Kier alpha value is -2.98. The van der Waals surface area contributed by atoms with Crippen molar-refractivity contribution in [3.8, 4) is 11.1 Å². The molecule has 33 heavy (non-hydrogen) atoms. The van der Waals surface area contributed by atoms with Gasteiger partial charge in [-0.25, -0.2) is 9.37 Å². The Labute approximate surface area is 198 Å². The largest absolute Gasteiger partial charge is 0.299 e. The summed E-state index contributed by atoms with van der Waals surface area (Å²) in [6, 6.07) is 5.27. The Morgan fingerprint density at radius 3 is 2.58 bits per heavy atom. The molecule has 7 nitrogen and oxygen atoms in total. The topological polar surface area (TPSA) is 89.8 Å². The number of hydrogen-bond acceptors (Lipinski definition) is 7. The molecule has 0 aliphatic carbocycles. The first-order chi connectivity index (χ1) is 15.8. The zero-order valence-electron chi connectivity index (χ0n) is 18.8. The van der Waals surface area contributed by atoms with Crippen LogP contribution < -0.4 is 10.9 Å². The molecule has 1 atom stereocenters. The third kappa shape index (κ3) is 4.72. The number of anilines is 1. The Kier molecular flexibility index (Phi) is 6.66. The van der Waals surface area contributed by atoms with Crippen molar-refractivity contribution in [1.29, 1.82) is 0 Å². The maximum absolute atomic E-state index is 13.5. The lowest BCUT2D eigenvalue weighted by atomic mass is 10.0. The van der Waals surface area contributed by atoms with Crippen LogP contribution in [0, 0.1) is 18.7 Å². The van der Waals surface area contributed by atoms with Crippen molar-refractivity contribution in [2.75, 3.05) is 5.32 Å². The maximum atomic E-state index is 13.5. The number of fused-ring (bicyclic) bond motifs is 1. The summed E-state index contributed by atoms with van der Waals surface area (Å²) in [6.07, 6.45) is 2.60. The predicted octanol–water partition coefficient (Wildman–Crippen LogP) is 5.21. The molecule has 1 N–H and O–H groups in total. The quantitative estimate of drug-likeness (QED) is 0.388. The molecule has 0 saturated carbocycles. The van der Waals surface area contributed by atoms with Gasteiger partial charge in [0, 0.05) is 16.9 Å². The zero-order chi connectivity index (χ0) is 23.7. The average Bonchev–Trinajstić information content (AvgIpc) is 3.34. The zero-order valence-corrected chi connectivity index (χ0v) is 20.4. The number of amides is 1. The van der Waals surface area contributed by atoms with Gasteiger partial charge >= 0.3 is 0 Å². The minimum Gasteiger partial charge on any atom is -0.299 e. The number of nitrogens with zero attached hydrogens (tertiary/aromatic N) is 4. The Bertz CT molecular complexity index is 1360. The van der Waals surface area contributed by atoms with E-state index in [4.69, 9.17) is 0 Å². The fourth-order valence-electron chi connectivity index (χ4n) is 3.73. The number of aromatic nitrogens is 4. The summed E-state index contributed by atoms with van der Waals surface area (Å²) >= 11 is 2.74. The molecule has 0 fully saturated rings. The first kappa shape index (κ1) is 23.2. The van der Waals surface area contributed by atoms with Gasteiger partial charge in [0.1, 0.15) is 21.7 Å². The summed E-state index contributed by atoms with van der Waals surface area (Å²) in [5, 5.41) is 12.7. The van der Waals surface area contributed by atoms with Gasteiger partial charge in [0.15, 0.2) is 0 Å². The molecule has 0 spiro atoms. The number of hydrogen-bond donors (Lipinski definition) is 1. The second kappa shape index (κ2) is 9.48. The van der Waals surface area contributed by atoms with E-state index in [-0.39, 0.29) is 17.3 Å². The van der Waals surface area contributed by atoms with E-state index in [1.165, 1.54) is 45.7 Å². The monoisotopic (exact) mass is 485 g/mol. The first-order valence-corrected chi connectivity index (χ1v) is 12.3. The summed E-state index contributed by atoms with van der Waals surface area (Å²) in [6.45, 7) is 7.93. The number of nitrogens with one attached hydrogen (secondary N) is 1. The third-order valence-electron chi connectivity index (χ3n) is 5.25. The van der Waals surface area contributed by atoms with Gasteiger partial charge in [-0.15, -0.1) is 21.5 Å². The SMILES string of the molecule is CCC(C(=O)Nc1nnc(CC(C)C)s1)n1cnc2sc(C)c(-c3ccc(F)cc3)c2c1=O. The van der Waals surface area contributed by atoms with Crippen LogP contribution in [0.3, 0.4) is 0 Å². The minimum atomic E-state index is -0.756. The summed E-state index contributed by atoms with van der Waals surface area (Å²) in [4.78, 5) is 32.6. The van der Waals surface area contributed by atoms with Gasteiger partial charge in [-0.2, -0.15) is 0 Å². The Morgan fingerprint density at radius 1 is 1.18 bits per heavy atom. The molecule has 0 bridgehead atoms. The van der Waals surface area contributed by atoms with Crippen LogP contribution in [-0.2, 0) is 11.2 Å². The van der Waals surface area contributed by atoms with Gasteiger partial charge in [-0.1, -0.05) is 44.2 Å². The van der Waals surface area contributed by atoms with E-state index >= 15 is 0 Å². The Balaban J connectivity index is 1.70. The van der Waals surface area contributed by atoms with Gasteiger partial charge in [0.25, 0.3) is 5.56 Å². The van der Waals surface area contributed by atoms with Crippen molar-refractivity contribution in [1.82, 2.24) is 19.7 Å². The number of aryl methyl sites for hydroxylation is 1. The van der Waals surface area contributed by atoms with Crippen LogP contribution in [-0.4, -0.2) is 25.7 Å². The smallest absolute Gasteiger partial charge is 0.263 e. The summed E-state index contributed by atoms with van der Waals surface area (Å²) in [5.41, 5.74) is 1.16. The second-order valence-electron chi connectivity index (χ2n) is 8.19. The Morgan fingerprint density at radius 2 is 1.91 bits per heavy atom. The van der Waals surface area contributed by atoms with Crippen LogP contribution in [0.4, 0.5) is 9.52 Å². The van der Waals surface area contributed by atoms with Crippen molar-refractivity contribution in [3.63, 3.8) is 0 Å². The first-order valence-electron chi connectivity index (χ1n) is 10.7. The predicted molar refractivity (Wildman–Crippen MR) is 130 cm³/mol. The molecule has 10 heteroatoms. The molecule has 0 aliphatic rings. The van der Waals surface area contributed by atoms with Gasteiger partial charge < -0.3 is 0 Å². The molecule has 0 radical (unpaired) electrons. The van der Waals surface area contributed by atoms with Crippen LogP contribution >= 0.6 is 22.7 Å². The van der Waals surface area contributed by atoms with Gasteiger partial charge in [-0.05, 0) is 37.0 Å². The maximum Gasteiger partial charge on any atom is 0.263 e. The molecular weight excluding hydrogens is 461 g/mol. The lowest BCUT2D eigenvalue weighted by Crippen LogP contribution is -2.33. The van der Waals surface area contributed by atoms with Crippen molar-refractivity contribution in [3.05, 3.63) is 56.6 Å². The molecular formula is C23H24FN5O2S2. The van der Waals surface area contributed by atoms with Crippen molar-refractivity contribution >= 4 is 43.9 Å². The van der Waals surface area contributed by atoms with E-state index in [1.807, 2.05) is 13.8 Å². The van der Waals surface area contributed by atoms with E-state index in [0.717, 1.165) is 27.4 Å². The molecule has 3 heterocycles. The van der Waals surface area contributed by atoms with Crippen LogP contribution in [0.5, 0.6) is 0 Å². The van der Waals surface area contributed by atoms with Gasteiger partial charge in [0.05, 0.1) is 11.7 Å². The number of halogens is 1. The number of carbonyl (C=O) groups is 1. The van der Waals surface area contributed by atoms with Crippen LogP contribution in [0.15, 0.2) is 35.4 Å². The highest BCUT2D eigenvalue weighted by molar-refractivity contribution is 7.19. The van der Waals surface area contributed by atoms with Gasteiger partial charge in [-0.3, -0.25) is 19.5 Å². The number of rotatable bonds is 7. The van der Waals surface area contributed by atoms with E-state index in [0.29, 0.717) is 27.7 Å². The highest BCUT2D eigenvalue weighted by atomic mass is 32.1. The minimum absolute atomic E-state index is 0.302. The van der Waals surface area contributed by atoms with E-state index in [1.54, 1.807) is 12.1 Å². The third-order valence-corrected chi connectivity index (χ3v) is 7.13. The highest BCUT2D eigenvalue weighted by Crippen LogP contribution is 2.35. The number of benzene rings is 1. The van der Waals surface area contributed by atoms with Crippen molar-refractivity contribution in [2.24, 2.45) is 5.92 Å². The fourth-order valence-corrected chi connectivity index (χ4v) is 5.69. The molecule has 3 aromatic heterocycles. The van der Waals surface area contributed by atoms with Gasteiger partial charge in [0.2, 0.25) is 11.0 Å². The molecule has 1 unspecified atom stereocenters. The number of carbonyl (C=O) groups excluding carboxylic acids is 1. The van der Waals surface area contributed by atoms with Crippen LogP contribution in [0.25, 0.3) is 21.3 Å². The van der Waals surface area contributed by atoms with E-state index in [9.17, 15) is 14.0 Å².